The summed E-state index contributed by atoms with van der Waals surface area (Å²) in [4.78, 5) is 3.82. The molecule has 0 amide bonds. The molecule has 0 unspecified atom stereocenters. The first kappa shape index (κ1) is 47.3. The molecule has 9 aromatic carbocycles. The molecule has 0 bridgehead atoms. The van der Waals surface area contributed by atoms with Gasteiger partial charge in [0.25, 0.3) is 0 Å². The van der Waals surface area contributed by atoms with Gasteiger partial charge in [-0.3, -0.25) is 0 Å². The number of hydrogen-bond acceptors (Lipinski definition) is 1. The second-order valence-electron chi connectivity index (χ2n) is 18.2. The predicted octanol–water partition coefficient (Wildman–Crippen LogP) is 18.6. The van der Waals surface area contributed by atoms with E-state index in [9.17, 15) is 44.8 Å². The topological polar surface area (TPSA) is 38.0 Å². The molecule has 362 valence electrons. The number of para-hydroxylation sites is 2. The van der Waals surface area contributed by atoms with Crippen LogP contribution in [-0.4, -0.2) is 9.13 Å². The van der Waals surface area contributed by atoms with Crippen LogP contribution in [0, 0.1) is 31.8 Å². The zero-order valence-corrected chi connectivity index (χ0v) is 38.9. The molecule has 4 nitrogen and oxygen atoms in total. The van der Waals surface area contributed by atoms with Crippen molar-refractivity contribution in [1.29, 1.82) is 5.26 Å². The fourth-order valence-corrected chi connectivity index (χ4v) is 10.3. The van der Waals surface area contributed by atoms with Gasteiger partial charge < -0.3 is 9.13 Å². The van der Waals surface area contributed by atoms with Gasteiger partial charge in [-0.05, 0) is 143 Å². The molecule has 0 spiro atoms. The average Bonchev–Trinajstić information content (AvgIpc) is 3.89. The van der Waals surface area contributed by atoms with Crippen LogP contribution in [0.2, 0.25) is 0 Å². The highest BCUT2D eigenvalue weighted by molar-refractivity contribution is 6.13. The summed E-state index contributed by atoms with van der Waals surface area (Å²) >= 11 is 0. The van der Waals surface area contributed by atoms with E-state index in [1.54, 1.807) is 79.7 Å². The van der Waals surface area contributed by atoms with Crippen molar-refractivity contribution < 1.29 is 39.5 Å². The molecule has 0 aliphatic rings. The van der Waals surface area contributed by atoms with Crippen LogP contribution >= 0.6 is 0 Å². The first-order valence-corrected chi connectivity index (χ1v) is 23.0. The van der Waals surface area contributed by atoms with E-state index in [-0.39, 0.29) is 22.9 Å². The van der Waals surface area contributed by atoms with Crippen molar-refractivity contribution in [3.8, 4) is 62.0 Å². The molecule has 13 heteroatoms. The van der Waals surface area contributed by atoms with E-state index in [2.05, 4.69) is 10.9 Å². The Bertz CT molecular complexity index is 4210. The van der Waals surface area contributed by atoms with E-state index in [4.69, 9.17) is 6.57 Å². The fraction of sp³-hybridized carbons (Fsp3) is 0.0820. The van der Waals surface area contributed by atoms with Gasteiger partial charge in [0.15, 0.2) is 5.69 Å². The van der Waals surface area contributed by atoms with Gasteiger partial charge >= 0.3 is 18.5 Å². The van der Waals surface area contributed by atoms with Gasteiger partial charge in [0, 0.05) is 27.1 Å². The SMILES string of the molecule is [C-]#[N+]c1ccc(-n2c3ccccc3c3cc(-c4ccc(C(F)(F)F)cc4C(F)(F)F)ccc32)c(-c2ccc(-c3ccc(C#N)cc3C)cc2-n2c3ccccc3c3cc(-c4ccc(C)cc4C(F)(F)F)ccc32)c1. The maximum absolute atomic E-state index is 14.6. The molecule has 0 radical (unpaired) electrons. The van der Waals surface area contributed by atoms with E-state index < -0.39 is 40.8 Å². The van der Waals surface area contributed by atoms with Crippen LogP contribution in [0.15, 0.2) is 176 Å². The molecule has 0 atom stereocenters. The minimum Gasteiger partial charge on any atom is -0.309 e. The van der Waals surface area contributed by atoms with Crippen molar-refractivity contribution >= 4 is 49.3 Å². The average molecular weight is 995 g/mol. The molecule has 2 aromatic heterocycles. The van der Waals surface area contributed by atoms with Crippen molar-refractivity contribution in [3.05, 3.63) is 221 Å². The van der Waals surface area contributed by atoms with Crippen LogP contribution in [0.4, 0.5) is 45.2 Å². The maximum atomic E-state index is 14.6. The Morgan fingerprint density at radius 1 is 0.432 bits per heavy atom. The largest absolute Gasteiger partial charge is 0.417 e. The van der Waals surface area contributed by atoms with Gasteiger partial charge in [-0.15, -0.1) is 0 Å². The highest BCUT2D eigenvalue weighted by atomic mass is 19.4. The van der Waals surface area contributed by atoms with Crippen molar-refractivity contribution in [3.63, 3.8) is 0 Å². The third kappa shape index (κ3) is 7.98. The number of aromatic nitrogens is 2. The predicted molar refractivity (Wildman–Crippen MR) is 272 cm³/mol. The summed E-state index contributed by atoms with van der Waals surface area (Å²) in [5.41, 5.74) is 5.06. The third-order valence-electron chi connectivity index (χ3n) is 13.6. The minimum absolute atomic E-state index is 0.0276. The fourth-order valence-electron chi connectivity index (χ4n) is 10.3. The molecule has 0 fully saturated rings. The molecular weight excluding hydrogens is 960 g/mol. The summed E-state index contributed by atoms with van der Waals surface area (Å²) in [7, 11) is 0. The van der Waals surface area contributed by atoms with E-state index in [0.29, 0.717) is 78.0 Å². The van der Waals surface area contributed by atoms with Gasteiger partial charge in [-0.25, -0.2) is 4.85 Å². The van der Waals surface area contributed by atoms with Crippen molar-refractivity contribution in [2.24, 2.45) is 0 Å². The molecule has 11 aromatic rings. The summed E-state index contributed by atoms with van der Waals surface area (Å²) in [6.07, 6.45) is -14.7. The smallest absolute Gasteiger partial charge is 0.309 e. The Kier molecular flexibility index (Phi) is 11.1. The lowest BCUT2D eigenvalue weighted by atomic mass is 9.93. The van der Waals surface area contributed by atoms with E-state index >= 15 is 0 Å². The maximum Gasteiger partial charge on any atom is 0.417 e. The summed E-state index contributed by atoms with van der Waals surface area (Å²) in [6.45, 7) is 11.7. The minimum atomic E-state index is -5.11. The Morgan fingerprint density at radius 2 is 0.946 bits per heavy atom. The zero-order chi connectivity index (χ0) is 52.0. The van der Waals surface area contributed by atoms with Crippen molar-refractivity contribution in [1.82, 2.24) is 9.13 Å². The van der Waals surface area contributed by atoms with Crippen LogP contribution in [0.3, 0.4) is 0 Å². The molecule has 0 saturated heterocycles. The first-order chi connectivity index (χ1) is 35.3. The normalized spacial score (nSPS) is 12.2. The van der Waals surface area contributed by atoms with Crippen LogP contribution in [0.25, 0.3) is 104 Å². The van der Waals surface area contributed by atoms with Crippen LogP contribution in [0.5, 0.6) is 0 Å². The molecule has 2 heterocycles. The summed E-state index contributed by atoms with van der Waals surface area (Å²) in [5.74, 6) is 0. The van der Waals surface area contributed by atoms with E-state index in [0.717, 1.165) is 39.7 Å². The van der Waals surface area contributed by atoms with Gasteiger partial charge in [-0.1, -0.05) is 96.6 Å². The van der Waals surface area contributed by atoms with Crippen LogP contribution in [-0.2, 0) is 18.5 Å². The van der Waals surface area contributed by atoms with E-state index in [1.807, 2.05) is 82.8 Å². The zero-order valence-electron chi connectivity index (χ0n) is 38.9. The van der Waals surface area contributed by atoms with E-state index in [1.165, 1.54) is 12.1 Å². The molecule has 11 rings (SSSR count). The number of fused-ring (bicyclic) bond motifs is 6. The Balaban J connectivity index is 1.19. The lowest BCUT2D eigenvalue weighted by Gasteiger charge is -2.21. The second-order valence-corrected chi connectivity index (χ2v) is 18.2. The summed E-state index contributed by atoms with van der Waals surface area (Å²) in [5, 5.41) is 12.3. The number of alkyl halides is 9. The number of aryl methyl sites for hydroxylation is 2. The quantitative estimate of drug-likeness (QED) is 0.121. The molecule has 0 aliphatic carbocycles. The summed E-state index contributed by atoms with van der Waals surface area (Å²) < 4.78 is 133. The lowest BCUT2D eigenvalue weighted by Crippen LogP contribution is -2.12. The van der Waals surface area contributed by atoms with Crippen LogP contribution < -0.4 is 0 Å². The highest BCUT2D eigenvalue weighted by Crippen LogP contribution is 2.47. The van der Waals surface area contributed by atoms with Crippen molar-refractivity contribution in [2.75, 3.05) is 0 Å². The molecule has 0 aliphatic heterocycles. The molecule has 0 saturated carbocycles. The molecular formula is C61H35F9N4. The number of rotatable bonds is 6. The number of nitrogens with zero attached hydrogens (tertiary/aromatic N) is 4. The first-order valence-electron chi connectivity index (χ1n) is 23.0. The number of benzene rings is 9. The Labute approximate surface area is 416 Å². The standard InChI is InChI=1S/C61H35F9N4/c1-34-12-19-43(51(26-34)60(65,66)67)37-16-24-56-49(28-37)46-9-5-7-11-54(46)74(56)58-30-39(42-20-13-36(33-71)27-35(42)2)14-21-47(58)50-32-41(72-3)18-25-57(50)73-53-10-6-4-8-45(53)48-29-38(15-23-55(48)73)44-22-17-40(59(62,63)64)31-52(44)61(68,69)70/h4-32H,1-2H3. The third-order valence-corrected chi connectivity index (χ3v) is 13.6. The second kappa shape index (κ2) is 17.3. The Morgan fingerprint density at radius 3 is 1.51 bits per heavy atom. The highest BCUT2D eigenvalue weighted by Gasteiger charge is 2.39. The van der Waals surface area contributed by atoms with Gasteiger partial charge in [-0.2, -0.15) is 44.8 Å². The number of hydrogen-bond donors (Lipinski definition) is 0. The van der Waals surface area contributed by atoms with Gasteiger partial charge in [0.1, 0.15) is 0 Å². The number of halogens is 9. The monoisotopic (exact) mass is 994 g/mol. The van der Waals surface area contributed by atoms with Gasteiger partial charge in [0.05, 0.1) is 68.3 Å². The lowest BCUT2D eigenvalue weighted by molar-refractivity contribution is -0.143. The number of nitriles is 1. The van der Waals surface area contributed by atoms with Crippen molar-refractivity contribution in [2.45, 2.75) is 32.4 Å². The summed E-state index contributed by atoms with van der Waals surface area (Å²) in [6, 6.07) is 49.2. The molecule has 74 heavy (non-hydrogen) atoms. The molecule has 0 N–H and O–H groups in total. The van der Waals surface area contributed by atoms with Gasteiger partial charge in [0.2, 0.25) is 0 Å². The Hall–Kier alpha value is -9.07. The van der Waals surface area contributed by atoms with Crippen LogP contribution in [0.1, 0.15) is 33.4 Å².